The fourth-order valence-corrected chi connectivity index (χ4v) is 3.00. The maximum absolute atomic E-state index is 2.25. The molecule has 0 heterocycles. The van der Waals surface area contributed by atoms with Gasteiger partial charge in [-0.05, 0) is 48.0 Å². The molecule has 0 aromatic heterocycles. The molecule has 19 heavy (non-hydrogen) atoms. The first-order valence-electron chi connectivity index (χ1n) is 7.28. The van der Waals surface area contributed by atoms with Crippen LogP contribution in [0.3, 0.4) is 0 Å². The monoisotopic (exact) mass is 248 g/mol. The quantitative estimate of drug-likeness (QED) is 0.652. The summed E-state index contributed by atoms with van der Waals surface area (Å²) < 4.78 is 0. The maximum Gasteiger partial charge on any atom is -0.0222 e. The van der Waals surface area contributed by atoms with Gasteiger partial charge in [-0.2, -0.15) is 0 Å². The Morgan fingerprint density at radius 2 is 0.895 bits per heavy atom. The van der Waals surface area contributed by atoms with Crippen LogP contribution in [0.25, 0.3) is 11.1 Å². The van der Waals surface area contributed by atoms with Crippen LogP contribution in [-0.4, -0.2) is 0 Å². The number of hydrogen-bond donors (Lipinski definition) is 0. The molecule has 0 bridgehead atoms. The molecule has 0 amide bonds. The molecule has 0 unspecified atom stereocenters. The molecule has 0 aliphatic heterocycles. The number of benzene rings is 2. The highest BCUT2D eigenvalue weighted by molar-refractivity contribution is 5.91. The minimum absolute atomic E-state index is 1.22. The lowest BCUT2D eigenvalue weighted by Gasteiger charge is -2.13. The summed E-state index contributed by atoms with van der Waals surface area (Å²) in [6.07, 6.45) is 6.43. The fourth-order valence-electron chi connectivity index (χ4n) is 3.00. The van der Waals surface area contributed by atoms with Crippen molar-refractivity contribution in [2.45, 2.75) is 32.1 Å². The zero-order valence-corrected chi connectivity index (χ0v) is 11.3. The highest BCUT2D eigenvalue weighted by Gasteiger charge is 2.14. The Balaban J connectivity index is 2.10. The van der Waals surface area contributed by atoms with Gasteiger partial charge in [-0.25, -0.2) is 0 Å². The molecule has 0 heteroatoms. The average molecular weight is 248 g/mol. The van der Waals surface area contributed by atoms with Crippen LogP contribution >= 0.6 is 0 Å². The van der Waals surface area contributed by atoms with Crippen LogP contribution in [0.1, 0.15) is 43.2 Å². The molecule has 0 saturated carbocycles. The van der Waals surface area contributed by atoms with Crippen molar-refractivity contribution in [1.29, 1.82) is 0 Å². The van der Waals surface area contributed by atoms with Crippen LogP contribution in [0.4, 0.5) is 0 Å². The summed E-state index contributed by atoms with van der Waals surface area (Å²) in [6, 6.07) is 21.8. The normalized spacial score (nSPS) is 16.2. The SMILES string of the molecule is c1ccc(C2=C(c3ccccc3)CCCCC2)cc1. The van der Waals surface area contributed by atoms with Crippen LogP contribution in [0, 0.1) is 0 Å². The van der Waals surface area contributed by atoms with Crippen molar-refractivity contribution >= 4 is 11.1 Å². The summed E-state index contributed by atoms with van der Waals surface area (Å²) in [5.41, 5.74) is 5.93. The van der Waals surface area contributed by atoms with E-state index in [1.807, 2.05) is 0 Å². The molecule has 0 N–H and O–H groups in total. The van der Waals surface area contributed by atoms with Crippen LogP contribution in [0.5, 0.6) is 0 Å². The largest absolute Gasteiger partial charge is 0.0622 e. The minimum atomic E-state index is 1.22. The molecule has 0 atom stereocenters. The van der Waals surface area contributed by atoms with Gasteiger partial charge in [0.15, 0.2) is 0 Å². The second-order valence-corrected chi connectivity index (χ2v) is 5.25. The molecular formula is C19H20. The summed E-state index contributed by atoms with van der Waals surface area (Å²) in [6.45, 7) is 0. The van der Waals surface area contributed by atoms with Crippen LogP contribution < -0.4 is 0 Å². The molecule has 3 rings (SSSR count). The van der Waals surface area contributed by atoms with Crippen LogP contribution in [-0.2, 0) is 0 Å². The lowest BCUT2D eigenvalue weighted by atomic mass is 9.91. The first kappa shape index (κ1) is 12.2. The second-order valence-electron chi connectivity index (χ2n) is 5.25. The van der Waals surface area contributed by atoms with Crippen LogP contribution in [0.2, 0.25) is 0 Å². The Morgan fingerprint density at radius 1 is 0.474 bits per heavy atom. The van der Waals surface area contributed by atoms with E-state index in [9.17, 15) is 0 Å². The van der Waals surface area contributed by atoms with E-state index in [4.69, 9.17) is 0 Å². The van der Waals surface area contributed by atoms with E-state index in [0.717, 1.165) is 0 Å². The standard InChI is InChI=1S/C19H20/c1-4-10-16(11-5-1)18-14-8-3-9-15-19(18)17-12-6-2-7-13-17/h1-2,4-7,10-13H,3,8-9,14-15H2. The van der Waals surface area contributed by atoms with E-state index in [0.29, 0.717) is 0 Å². The average Bonchev–Trinajstić information content (AvgIpc) is 2.75. The molecule has 0 nitrogen and oxygen atoms in total. The van der Waals surface area contributed by atoms with Crippen molar-refractivity contribution in [3.8, 4) is 0 Å². The molecule has 2 aromatic rings. The van der Waals surface area contributed by atoms with Crippen LogP contribution in [0.15, 0.2) is 60.7 Å². The third kappa shape index (κ3) is 2.78. The predicted octanol–water partition coefficient (Wildman–Crippen LogP) is 5.56. The van der Waals surface area contributed by atoms with E-state index in [-0.39, 0.29) is 0 Å². The van der Waals surface area contributed by atoms with E-state index in [2.05, 4.69) is 60.7 Å². The van der Waals surface area contributed by atoms with E-state index >= 15 is 0 Å². The van der Waals surface area contributed by atoms with Gasteiger partial charge in [0.2, 0.25) is 0 Å². The first-order chi connectivity index (χ1) is 9.45. The van der Waals surface area contributed by atoms with Gasteiger partial charge < -0.3 is 0 Å². The smallest absolute Gasteiger partial charge is 0.0222 e. The topological polar surface area (TPSA) is 0 Å². The van der Waals surface area contributed by atoms with Crippen molar-refractivity contribution in [2.24, 2.45) is 0 Å². The zero-order valence-electron chi connectivity index (χ0n) is 11.3. The molecule has 96 valence electrons. The summed E-state index contributed by atoms with van der Waals surface area (Å²) in [7, 11) is 0. The summed E-state index contributed by atoms with van der Waals surface area (Å²) in [5, 5.41) is 0. The highest BCUT2D eigenvalue weighted by Crippen LogP contribution is 2.36. The van der Waals surface area contributed by atoms with Crippen molar-refractivity contribution in [1.82, 2.24) is 0 Å². The van der Waals surface area contributed by atoms with Crippen molar-refractivity contribution < 1.29 is 0 Å². The van der Waals surface area contributed by atoms with Gasteiger partial charge in [0.25, 0.3) is 0 Å². The lowest BCUT2D eigenvalue weighted by molar-refractivity contribution is 0.723. The molecule has 0 radical (unpaired) electrons. The van der Waals surface area contributed by atoms with Crippen molar-refractivity contribution in [3.05, 3.63) is 71.8 Å². The third-order valence-corrected chi connectivity index (χ3v) is 3.96. The number of allylic oxidation sites excluding steroid dienone is 2. The maximum atomic E-state index is 2.25. The molecule has 0 fully saturated rings. The zero-order chi connectivity index (χ0) is 12.9. The van der Waals surface area contributed by atoms with E-state index < -0.39 is 0 Å². The third-order valence-electron chi connectivity index (χ3n) is 3.96. The molecule has 1 aliphatic rings. The molecule has 0 saturated heterocycles. The van der Waals surface area contributed by atoms with Gasteiger partial charge in [0.1, 0.15) is 0 Å². The molecule has 0 spiro atoms. The van der Waals surface area contributed by atoms with Gasteiger partial charge >= 0.3 is 0 Å². The number of rotatable bonds is 2. The predicted molar refractivity (Wildman–Crippen MR) is 82.8 cm³/mol. The van der Waals surface area contributed by atoms with Crippen molar-refractivity contribution in [2.75, 3.05) is 0 Å². The lowest BCUT2D eigenvalue weighted by Crippen LogP contribution is -1.91. The van der Waals surface area contributed by atoms with E-state index in [1.165, 1.54) is 43.2 Å². The Kier molecular flexibility index (Phi) is 3.78. The molecule has 2 aromatic carbocycles. The van der Waals surface area contributed by atoms with Gasteiger partial charge in [0, 0.05) is 0 Å². The Bertz CT molecular complexity index is 498. The summed E-state index contributed by atoms with van der Waals surface area (Å²) >= 11 is 0. The number of hydrogen-bond acceptors (Lipinski definition) is 0. The summed E-state index contributed by atoms with van der Waals surface area (Å²) in [4.78, 5) is 0. The second kappa shape index (κ2) is 5.88. The van der Waals surface area contributed by atoms with Crippen molar-refractivity contribution in [3.63, 3.8) is 0 Å². The van der Waals surface area contributed by atoms with Gasteiger partial charge in [0.05, 0.1) is 0 Å². The van der Waals surface area contributed by atoms with Gasteiger partial charge in [-0.1, -0.05) is 67.1 Å². The fraction of sp³-hybridized carbons (Fsp3) is 0.263. The Hall–Kier alpha value is -1.82. The van der Waals surface area contributed by atoms with Gasteiger partial charge in [-0.3, -0.25) is 0 Å². The Morgan fingerprint density at radius 3 is 1.32 bits per heavy atom. The molecule has 1 aliphatic carbocycles. The van der Waals surface area contributed by atoms with Gasteiger partial charge in [-0.15, -0.1) is 0 Å². The first-order valence-corrected chi connectivity index (χ1v) is 7.28. The molecular weight excluding hydrogens is 228 g/mol. The van der Waals surface area contributed by atoms with E-state index in [1.54, 1.807) is 11.1 Å². The minimum Gasteiger partial charge on any atom is -0.0622 e. The highest BCUT2D eigenvalue weighted by atomic mass is 14.2. The Labute approximate surface area is 115 Å². The summed E-state index contributed by atoms with van der Waals surface area (Å²) in [5.74, 6) is 0.